The van der Waals surface area contributed by atoms with Crippen LogP contribution in [-0.2, 0) is 4.79 Å². The lowest BCUT2D eigenvalue weighted by Gasteiger charge is -2.40. The fourth-order valence-electron chi connectivity index (χ4n) is 4.39. The number of carbonyl (C=O) groups excluding carboxylic acids is 1. The van der Waals surface area contributed by atoms with E-state index in [0.29, 0.717) is 30.6 Å². The molecule has 4 rings (SSSR count). The minimum absolute atomic E-state index is 0.0363. The van der Waals surface area contributed by atoms with E-state index in [1.807, 2.05) is 11.8 Å². The number of benzene rings is 2. The highest BCUT2D eigenvalue weighted by atomic mass is 19.1. The lowest BCUT2D eigenvalue weighted by atomic mass is 10.0. The molecular weight excluding hydrogens is 465 g/mol. The van der Waals surface area contributed by atoms with Crippen molar-refractivity contribution in [3.05, 3.63) is 47.3 Å². The predicted molar refractivity (Wildman–Crippen MR) is 133 cm³/mol. The SMILES string of the molecule is COc1cc2c(N)nc(N3CCN(C(=O)CC(N)c4ccc(C#N)cc4)CC3C)nc2c(F)c1OC. The molecule has 0 aliphatic carbocycles. The molecule has 11 heteroatoms. The molecule has 3 aromatic rings. The molecule has 10 nitrogen and oxygen atoms in total. The van der Waals surface area contributed by atoms with Crippen LogP contribution in [0.2, 0.25) is 0 Å². The first-order chi connectivity index (χ1) is 17.3. The zero-order valence-electron chi connectivity index (χ0n) is 20.4. The Morgan fingerprint density at radius 1 is 1.25 bits per heavy atom. The van der Waals surface area contributed by atoms with Crippen LogP contribution in [0.15, 0.2) is 30.3 Å². The molecule has 0 saturated carbocycles. The number of hydrogen-bond acceptors (Lipinski definition) is 9. The second-order valence-electron chi connectivity index (χ2n) is 8.66. The monoisotopic (exact) mass is 493 g/mol. The Morgan fingerprint density at radius 3 is 2.58 bits per heavy atom. The van der Waals surface area contributed by atoms with E-state index in [1.165, 1.54) is 14.2 Å². The number of fused-ring (bicyclic) bond motifs is 1. The average Bonchev–Trinajstić information content (AvgIpc) is 2.88. The summed E-state index contributed by atoms with van der Waals surface area (Å²) in [5.74, 6) is -0.212. The fourth-order valence-corrected chi connectivity index (χ4v) is 4.39. The summed E-state index contributed by atoms with van der Waals surface area (Å²) >= 11 is 0. The highest BCUT2D eigenvalue weighted by molar-refractivity contribution is 5.92. The van der Waals surface area contributed by atoms with Crippen molar-refractivity contribution in [3.63, 3.8) is 0 Å². The Hall–Kier alpha value is -4.17. The second kappa shape index (κ2) is 10.2. The van der Waals surface area contributed by atoms with E-state index in [1.54, 1.807) is 35.2 Å². The van der Waals surface area contributed by atoms with Crippen LogP contribution in [0.3, 0.4) is 0 Å². The number of nitrogen functional groups attached to an aromatic ring is 1. The minimum Gasteiger partial charge on any atom is -0.493 e. The van der Waals surface area contributed by atoms with Gasteiger partial charge in [-0.05, 0) is 30.7 Å². The molecule has 1 aromatic heterocycles. The molecule has 2 atom stereocenters. The van der Waals surface area contributed by atoms with Crippen molar-refractivity contribution < 1.29 is 18.7 Å². The Labute approximate surface area is 208 Å². The van der Waals surface area contributed by atoms with Crippen LogP contribution >= 0.6 is 0 Å². The summed E-state index contributed by atoms with van der Waals surface area (Å²) in [5, 5.41) is 9.27. The van der Waals surface area contributed by atoms with Crippen molar-refractivity contribution in [3.8, 4) is 17.6 Å². The molecule has 0 radical (unpaired) electrons. The van der Waals surface area contributed by atoms with Crippen molar-refractivity contribution in [1.29, 1.82) is 5.26 Å². The Kier molecular flexibility index (Phi) is 7.07. The maximum absolute atomic E-state index is 15.2. The van der Waals surface area contributed by atoms with E-state index in [4.69, 9.17) is 26.2 Å². The van der Waals surface area contributed by atoms with Crippen molar-refractivity contribution in [2.45, 2.75) is 25.4 Å². The van der Waals surface area contributed by atoms with Gasteiger partial charge in [0.1, 0.15) is 11.3 Å². The molecule has 0 spiro atoms. The number of aromatic nitrogens is 2. The number of methoxy groups -OCH3 is 2. The van der Waals surface area contributed by atoms with Crippen LogP contribution < -0.4 is 25.8 Å². The van der Waals surface area contributed by atoms with Gasteiger partial charge in [-0.25, -0.2) is 9.37 Å². The van der Waals surface area contributed by atoms with Crippen LogP contribution in [0.4, 0.5) is 16.2 Å². The molecule has 1 saturated heterocycles. The van der Waals surface area contributed by atoms with E-state index in [2.05, 4.69) is 16.0 Å². The molecule has 1 aliphatic rings. The highest BCUT2D eigenvalue weighted by Crippen LogP contribution is 2.37. The molecule has 1 aliphatic heterocycles. The molecule has 4 N–H and O–H groups in total. The largest absolute Gasteiger partial charge is 0.493 e. The zero-order valence-corrected chi connectivity index (χ0v) is 20.4. The molecule has 1 amide bonds. The van der Waals surface area contributed by atoms with Gasteiger partial charge in [-0.1, -0.05) is 12.1 Å². The van der Waals surface area contributed by atoms with Crippen LogP contribution in [0.1, 0.15) is 30.5 Å². The predicted octanol–water partition coefficient (Wildman–Crippen LogP) is 2.37. The molecule has 1 fully saturated rings. The van der Waals surface area contributed by atoms with Gasteiger partial charge in [0.25, 0.3) is 0 Å². The van der Waals surface area contributed by atoms with Crippen molar-refractivity contribution in [2.75, 3.05) is 44.5 Å². The van der Waals surface area contributed by atoms with Gasteiger partial charge in [-0.2, -0.15) is 10.2 Å². The number of halogens is 1. The number of carbonyl (C=O) groups is 1. The maximum Gasteiger partial charge on any atom is 0.228 e. The molecule has 0 bridgehead atoms. The third kappa shape index (κ3) is 4.67. The number of hydrogen-bond donors (Lipinski definition) is 2. The number of rotatable bonds is 6. The summed E-state index contributed by atoms with van der Waals surface area (Å²) in [6, 6.07) is 9.90. The summed E-state index contributed by atoms with van der Waals surface area (Å²) < 4.78 is 25.5. The van der Waals surface area contributed by atoms with E-state index in [9.17, 15) is 4.79 Å². The highest BCUT2D eigenvalue weighted by Gasteiger charge is 2.30. The Balaban J connectivity index is 1.49. The molecule has 188 valence electrons. The molecular formula is C25H28FN7O3. The first-order valence-corrected chi connectivity index (χ1v) is 11.4. The third-order valence-corrected chi connectivity index (χ3v) is 6.39. The maximum atomic E-state index is 15.2. The fraction of sp³-hybridized carbons (Fsp3) is 0.360. The number of nitriles is 1. The lowest BCUT2D eigenvalue weighted by molar-refractivity contribution is -0.132. The molecule has 2 unspecified atom stereocenters. The summed E-state index contributed by atoms with van der Waals surface area (Å²) in [7, 11) is 2.76. The topological polar surface area (TPSA) is 144 Å². The number of nitrogens with two attached hydrogens (primary N) is 2. The number of ether oxygens (including phenoxy) is 2. The lowest BCUT2D eigenvalue weighted by Crippen LogP contribution is -2.54. The summed E-state index contributed by atoms with van der Waals surface area (Å²) in [4.78, 5) is 25.4. The van der Waals surface area contributed by atoms with Gasteiger partial charge in [-0.3, -0.25) is 4.79 Å². The number of piperazine rings is 1. The summed E-state index contributed by atoms with van der Waals surface area (Å²) in [6.07, 6.45) is 0.144. The van der Waals surface area contributed by atoms with Crippen LogP contribution in [-0.4, -0.2) is 60.7 Å². The molecule has 36 heavy (non-hydrogen) atoms. The van der Waals surface area contributed by atoms with E-state index in [0.717, 1.165) is 5.56 Å². The van der Waals surface area contributed by atoms with Crippen LogP contribution in [0.25, 0.3) is 10.9 Å². The molecule has 2 heterocycles. The van der Waals surface area contributed by atoms with Gasteiger partial charge >= 0.3 is 0 Å². The second-order valence-corrected chi connectivity index (χ2v) is 8.66. The van der Waals surface area contributed by atoms with Gasteiger partial charge in [0.05, 0.1) is 25.9 Å². The first-order valence-electron chi connectivity index (χ1n) is 11.4. The average molecular weight is 494 g/mol. The van der Waals surface area contributed by atoms with Crippen molar-refractivity contribution in [1.82, 2.24) is 14.9 Å². The van der Waals surface area contributed by atoms with E-state index < -0.39 is 11.9 Å². The van der Waals surface area contributed by atoms with Gasteiger partial charge < -0.3 is 30.7 Å². The number of anilines is 2. The first kappa shape index (κ1) is 24.9. The summed E-state index contributed by atoms with van der Waals surface area (Å²) in [5.41, 5.74) is 13.8. The van der Waals surface area contributed by atoms with Gasteiger partial charge in [0, 0.05) is 43.5 Å². The summed E-state index contributed by atoms with van der Waals surface area (Å²) in [6.45, 7) is 3.24. The van der Waals surface area contributed by atoms with Crippen LogP contribution in [0, 0.1) is 17.1 Å². The quantitative estimate of drug-likeness (QED) is 0.529. The smallest absolute Gasteiger partial charge is 0.228 e. The standard InChI is InChI=1S/C25H28FN7O3/c1-14-13-32(20(34)11-18(28)16-6-4-15(12-27)5-7-16)8-9-33(14)25-30-22-17(24(29)31-25)10-19(35-2)23(36-3)21(22)26/h4-7,10,14,18H,8-9,11,13,28H2,1-3H3,(H2,29,30,31). The number of amides is 1. The molecule has 2 aromatic carbocycles. The third-order valence-electron chi connectivity index (χ3n) is 6.39. The van der Waals surface area contributed by atoms with Crippen molar-refractivity contribution in [2.24, 2.45) is 5.73 Å². The van der Waals surface area contributed by atoms with Crippen molar-refractivity contribution >= 4 is 28.6 Å². The van der Waals surface area contributed by atoms with Gasteiger partial charge in [0.2, 0.25) is 11.9 Å². The Bertz CT molecular complexity index is 1330. The Morgan fingerprint density at radius 2 is 1.97 bits per heavy atom. The van der Waals surface area contributed by atoms with Crippen LogP contribution in [0.5, 0.6) is 11.5 Å². The van der Waals surface area contributed by atoms with Gasteiger partial charge in [0.15, 0.2) is 17.3 Å². The minimum atomic E-state index is -0.680. The number of nitrogens with zero attached hydrogens (tertiary/aromatic N) is 5. The van der Waals surface area contributed by atoms with E-state index >= 15 is 4.39 Å². The van der Waals surface area contributed by atoms with Gasteiger partial charge in [-0.15, -0.1) is 0 Å². The zero-order chi connectivity index (χ0) is 26.0. The normalized spacial score (nSPS) is 16.5. The van der Waals surface area contributed by atoms with E-state index in [-0.39, 0.29) is 47.2 Å².